The number of hydrogen-bond donors (Lipinski definition) is 0. The van der Waals surface area contributed by atoms with Crippen molar-refractivity contribution >= 4 is 22.7 Å². The van der Waals surface area contributed by atoms with Gasteiger partial charge in [0.1, 0.15) is 17.9 Å². The van der Waals surface area contributed by atoms with E-state index < -0.39 is 0 Å². The van der Waals surface area contributed by atoms with Gasteiger partial charge in [0.25, 0.3) is 0 Å². The molecule has 134 valence electrons. The molecule has 3 aromatic rings. The first-order valence-corrected chi connectivity index (χ1v) is 9.86. The fourth-order valence-electron chi connectivity index (χ4n) is 2.71. The normalized spacial score (nSPS) is 14.0. The van der Waals surface area contributed by atoms with Gasteiger partial charge in [-0.05, 0) is 56.5 Å². The van der Waals surface area contributed by atoms with Crippen molar-refractivity contribution < 1.29 is 9.47 Å². The number of pyridine rings is 2. The summed E-state index contributed by atoms with van der Waals surface area (Å²) in [5.74, 6) is 1.34. The van der Waals surface area contributed by atoms with Crippen molar-refractivity contribution in [2.75, 3.05) is 0 Å². The number of benzene rings is 1. The fourth-order valence-corrected chi connectivity index (χ4v) is 3.84. The molecule has 4 rings (SSSR count). The van der Waals surface area contributed by atoms with Crippen molar-refractivity contribution in [1.82, 2.24) is 9.97 Å². The Balaban J connectivity index is 1.53. The van der Waals surface area contributed by atoms with E-state index in [9.17, 15) is 0 Å². The highest BCUT2D eigenvalue weighted by atomic mass is 32.2. The van der Waals surface area contributed by atoms with Crippen molar-refractivity contribution in [2.24, 2.45) is 0 Å². The fraction of sp³-hybridized carbons (Fsp3) is 0.333. The van der Waals surface area contributed by atoms with E-state index in [2.05, 4.69) is 34.2 Å². The van der Waals surface area contributed by atoms with Gasteiger partial charge >= 0.3 is 0 Å². The predicted octanol–water partition coefficient (Wildman–Crippen LogP) is 5.25. The Kier molecular flexibility index (Phi) is 4.98. The third-order valence-corrected chi connectivity index (χ3v) is 5.38. The largest absolute Gasteiger partial charge is 0.488 e. The van der Waals surface area contributed by atoms with Gasteiger partial charge in [0, 0.05) is 27.9 Å². The van der Waals surface area contributed by atoms with Crippen molar-refractivity contribution in [3.8, 4) is 11.6 Å². The lowest BCUT2D eigenvalue weighted by Crippen LogP contribution is -2.07. The zero-order chi connectivity index (χ0) is 17.9. The smallest absolute Gasteiger partial charge is 0.240 e. The molecule has 1 aliphatic rings. The Morgan fingerprint density at radius 3 is 2.77 bits per heavy atom. The van der Waals surface area contributed by atoms with Crippen molar-refractivity contribution in [3.05, 3.63) is 54.4 Å². The minimum Gasteiger partial charge on any atom is -0.488 e. The quantitative estimate of drug-likeness (QED) is 0.571. The summed E-state index contributed by atoms with van der Waals surface area (Å²) in [4.78, 5) is 10.1. The van der Waals surface area contributed by atoms with E-state index in [1.165, 1.54) is 23.3 Å². The molecule has 4 nitrogen and oxygen atoms in total. The first-order valence-electron chi connectivity index (χ1n) is 8.98. The van der Waals surface area contributed by atoms with Gasteiger partial charge in [-0.2, -0.15) is 0 Å². The predicted molar refractivity (Wildman–Crippen MR) is 105 cm³/mol. The van der Waals surface area contributed by atoms with Crippen LogP contribution in [0.25, 0.3) is 10.9 Å². The Hall–Kier alpha value is -2.27. The van der Waals surface area contributed by atoms with E-state index >= 15 is 0 Å². The molecule has 0 spiro atoms. The first-order chi connectivity index (χ1) is 12.7. The van der Waals surface area contributed by atoms with Crippen LogP contribution in [-0.4, -0.2) is 21.3 Å². The maximum atomic E-state index is 6.11. The highest BCUT2D eigenvalue weighted by molar-refractivity contribution is 8.00. The van der Waals surface area contributed by atoms with Crippen LogP contribution in [0, 0.1) is 0 Å². The molecule has 0 N–H and O–H groups in total. The molecule has 0 amide bonds. The van der Waals surface area contributed by atoms with Crippen LogP contribution in [0.3, 0.4) is 0 Å². The zero-order valence-corrected chi connectivity index (χ0v) is 15.8. The third kappa shape index (κ3) is 4.10. The van der Waals surface area contributed by atoms with Gasteiger partial charge in [-0.15, -0.1) is 11.8 Å². The van der Waals surface area contributed by atoms with E-state index in [0.29, 0.717) is 12.5 Å². The molecule has 0 saturated heterocycles. The summed E-state index contributed by atoms with van der Waals surface area (Å²) in [6.45, 7) is 4.49. The summed E-state index contributed by atoms with van der Waals surface area (Å²) < 4.78 is 11.9. The van der Waals surface area contributed by atoms with Crippen LogP contribution in [-0.2, 0) is 6.61 Å². The van der Waals surface area contributed by atoms with E-state index in [-0.39, 0.29) is 6.10 Å². The minimum atomic E-state index is 0.0474. The van der Waals surface area contributed by atoms with Crippen LogP contribution in [0.1, 0.15) is 32.3 Å². The lowest BCUT2D eigenvalue weighted by Gasteiger charge is -2.13. The molecule has 0 aliphatic heterocycles. The van der Waals surface area contributed by atoms with Crippen LogP contribution in [0.5, 0.6) is 11.6 Å². The number of fused-ring (bicyclic) bond motifs is 1. The second-order valence-corrected chi connectivity index (χ2v) is 8.12. The third-order valence-electron chi connectivity index (χ3n) is 4.05. The molecule has 0 unspecified atom stereocenters. The molecule has 0 radical (unpaired) electrons. The Labute approximate surface area is 158 Å². The average Bonchev–Trinajstić information content (AvgIpc) is 3.44. The molecule has 1 aliphatic carbocycles. The molecule has 1 saturated carbocycles. The number of rotatable bonds is 7. The molecular weight excluding hydrogens is 344 g/mol. The second kappa shape index (κ2) is 7.54. The van der Waals surface area contributed by atoms with Crippen molar-refractivity contribution in [1.29, 1.82) is 0 Å². The Morgan fingerprint density at radius 1 is 1.12 bits per heavy atom. The van der Waals surface area contributed by atoms with Crippen molar-refractivity contribution in [2.45, 2.75) is 49.5 Å². The van der Waals surface area contributed by atoms with E-state index in [0.717, 1.165) is 21.9 Å². The molecule has 0 atom stereocenters. The number of ether oxygens (including phenoxy) is 2. The maximum Gasteiger partial charge on any atom is 0.240 e. The second-order valence-electron chi connectivity index (χ2n) is 6.74. The van der Waals surface area contributed by atoms with Gasteiger partial charge in [0.2, 0.25) is 5.88 Å². The molecule has 2 aromatic heterocycles. The monoisotopic (exact) mass is 366 g/mol. The zero-order valence-electron chi connectivity index (χ0n) is 15.0. The van der Waals surface area contributed by atoms with Crippen molar-refractivity contribution in [3.63, 3.8) is 0 Å². The highest BCUT2D eigenvalue weighted by Gasteiger charge is 2.22. The van der Waals surface area contributed by atoms with Gasteiger partial charge in [0.05, 0.1) is 6.10 Å². The molecular formula is C21H22N2O2S. The van der Waals surface area contributed by atoms with Gasteiger partial charge in [0.15, 0.2) is 0 Å². The summed E-state index contributed by atoms with van der Waals surface area (Å²) in [6, 6.07) is 12.4. The van der Waals surface area contributed by atoms with Gasteiger partial charge in [-0.1, -0.05) is 12.1 Å². The van der Waals surface area contributed by atoms with Gasteiger partial charge in [-0.3, -0.25) is 4.98 Å². The lowest BCUT2D eigenvalue weighted by atomic mass is 10.2. The van der Waals surface area contributed by atoms with Gasteiger partial charge in [-0.25, -0.2) is 4.98 Å². The van der Waals surface area contributed by atoms with Gasteiger partial charge < -0.3 is 9.47 Å². The van der Waals surface area contributed by atoms with Crippen LogP contribution < -0.4 is 9.47 Å². The van der Waals surface area contributed by atoms with E-state index in [1.54, 1.807) is 12.4 Å². The summed E-state index contributed by atoms with van der Waals surface area (Å²) in [7, 11) is 0. The van der Waals surface area contributed by atoms with Crippen LogP contribution in [0.2, 0.25) is 0 Å². The Morgan fingerprint density at radius 2 is 1.96 bits per heavy atom. The molecule has 2 heterocycles. The molecule has 1 aromatic carbocycles. The summed E-state index contributed by atoms with van der Waals surface area (Å²) in [6.07, 6.45) is 6.20. The van der Waals surface area contributed by atoms with E-state index in [1.807, 2.05) is 37.7 Å². The summed E-state index contributed by atoms with van der Waals surface area (Å²) in [5.41, 5.74) is 1.91. The molecule has 5 heteroatoms. The highest BCUT2D eigenvalue weighted by Crippen LogP contribution is 2.39. The topological polar surface area (TPSA) is 44.2 Å². The molecule has 1 fully saturated rings. The Bertz CT molecular complexity index is 909. The minimum absolute atomic E-state index is 0.0474. The van der Waals surface area contributed by atoms with Crippen LogP contribution >= 0.6 is 11.8 Å². The molecule has 0 bridgehead atoms. The number of hydrogen-bond acceptors (Lipinski definition) is 5. The number of thioether (sulfide) groups is 1. The number of aromatic nitrogens is 2. The SMILES string of the molecule is CC(C)Oc1nccc2c(OCc3cccc(SC4CC4)c3)ccnc12. The molecule has 26 heavy (non-hydrogen) atoms. The van der Waals surface area contributed by atoms with Crippen LogP contribution in [0.15, 0.2) is 53.7 Å². The van der Waals surface area contributed by atoms with E-state index in [4.69, 9.17) is 9.47 Å². The lowest BCUT2D eigenvalue weighted by molar-refractivity contribution is 0.235. The average molecular weight is 366 g/mol. The van der Waals surface area contributed by atoms with Crippen LogP contribution in [0.4, 0.5) is 0 Å². The summed E-state index contributed by atoms with van der Waals surface area (Å²) >= 11 is 1.97. The summed E-state index contributed by atoms with van der Waals surface area (Å²) in [5, 5.41) is 1.73. The maximum absolute atomic E-state index is 6.11. The first kappa shape index (κ1) is 17.2. The standard InChI is InChI=1S/C21H22N2O2S/c1-14(2)25-21-20-18(8-10-23-21)19(9-11-22-20)24-13-15-4-3-5-17(12-15)26-16-6-7-16/h3-5,8-12,14,16H,6-7,13H2,1-2H3. The number of nitrogens with zero attached hydrogens (tertiary/aromatic N) is 2.